The van der Waals surface area contributed by atoms with Crippen molar-refractivity contribution in [1.82, 2.24) is 0 Å². The van der Waals surface area contributed by atoms with Gasteiger partial charge in [0.25, 0.3) is 0 Å². The molecule has 23 heavy (non-hydrogen) atoms. The predicted octanol–water partition coefficient (Wildman–Crippen LogP) is 4.75. The van der Waals surface area contributed by atoms with Gasteiger partial charge in [-0.1, -0.05) is 67.7 Å². The van der Waals surface area contributed by atoms with Crippen molar-refractivity contribution in [3.63, 3.8) is 0 Å². The molecule has 0 saturated carbocycles. The summed E-state index contributed by atoms with van der Waals surface area (Å²) in [7, 11) is 0. The summed E-state index contributed by atoms with van der Waals surface area (Å²) in [4.78, 5) is 24.3. The zero-order valence-corrected chi connectivity index (χ0v) is 16.2. The Hall–Kier alpha value is -1.06. The Morgan fingerprint density at radius 1 is 0.870 bits per heavy atom. The lowest BCUT2D eigenvalue weighted by Crippen LogP contribution is -2.27. The van der Waals surface area contributed by atoms with Crippen LogP contribution in [0.1, 0.15) is 80.6 Å². The van der Waals surface area contributed by atoms with Gasteiger partial charge in [0, 0.05) is 0 Å². The summed E-state index contributed by atoms with van der Waals surface area (Å²) in [6.45, 7) is 14.9. The highest BCUT2D eigenvalue weighted by molar-refractivity contribution is 5.80. The molecule has 0 amide bonds. The average Bonchev–Trinajstić information content (AvgIpc) is 2.40. The van der Waals surface area contributed by atoms with Crippen LogP contribution in [0.25, 0.3) is 0 Å². The largest absolute Gasteiger partial charge is 0.465 e. The molecule has 4 nitrogen and oxygen atoms in total. The molecule has 0 N–H and O–H groups in total. The molecule has 0 aromatic rings. The van der Waals surface area contributed by atoms with Gasteiger partial charge in [0.05, 0.1) is 25.6 Å². The first-order valence-electron chi connectivity index (χ1n) is 8.77. The van der Waals surface area contributed by atoms with Gasteiger partial charge in [-0.05, 0) is 17.3 Å². The summed E-state index contributed by atoms with van der Waals surface area (Å²) < 4.78 is 10.7. The maximum atomic E-state index is 12.3. The lowest BCUT2D eigenvalue weighted by atomic mass is 9.96. The minimum atomic E-state index is -0.392. The third-order valence-corrected chi connectivity index (χ3v) is 3.22. The molecule has 0 heterocycles. The third kappa shape index (κ3) is 13.1. The number of esters is 2. The predicted molar refractivity (Wildman–Crippen MR) is 93.1 cm³/mol. The van der Waals surface area contributed by atoms with Crippen molar-refractivity contribution in [3.05, 3.63) is 0 Å². The summed E-state index contributed by atoms with van der Waals surface area (Å²) in [5.74, 6) is -0.978. The van der Waals surface area contributed by atoms with Crippen LogP contribution in [0, 0.1) is 16.7 Å². The SMILES string of the molecule is CCCCCC(CC(=O)OCC(C)(C)C)C(=O)OCC(C)(C)C. The second kappa shape index (κ2) is 9.94. The standard InChI is InChI=1S/C19H36O4/c1-8-9-10-11-15(17(21)23-14-19(5,6)7)12-16(20)22-13-18(2,3)4/h15H,8-14H2,1-7H3. The number of carbonyl (C=O) groups excluding carboxylic acids is 2. The second-order valence-electron chi connectivity index (χ2n) is 8.79. The van der Waals surface area contributed by atoms with E-state index >= 15 is 0 Å². The number of unbranched alkanes of at least 4 members (excludes halogenated alkanes) is 2. The second-order valence-corrected chi connectivity index (χ2v) is 8.79. The fraction of sp³-hybridized carbons (Fsp3) is 0.895. The van der Waals surface area contributed by atoms with Crippen molar-refractivity contribution in [3.8, 4) is 0 Å². The minimum absolute atomic E-state index is 0.0693. The van der Waals surface area contributed by atoms with E-state index in [1.165, 1.54) is 0 Å². The molecule has 0 aliphatic rings. The molecule has 0 radical (unpaired) electrons. The lowest BCUT2D eigenvalue weighted by molar-refractivity contribution is -0.158. The van der Waals surface area contributed by atoms with E-state index in [2.05, 4.69) is 6.92 Å². The van der Waals surface area contributed by atoms with Gasteiger partial charge in [-0.3, -0.25) is 9.59 Å². The molecule has 0 bridgehead atoms. The number of ether oxygens (including phenoxy) is 2. The Balaban J connectivity index is 4.54. The van der Waals surface area contributed by atoms with Crippen LogP contribution in [-0.4, -0.2) is 25.2 Å². The van der Waals surface area contributed by atoms with Crippen molar-refractivity contribution in [2.45, 2.75) is 80.6 Å². The number of rotatable bonds is 9. The molecule has 1 unspecified atom stereocenters. The molecule has 4 heteroatoms. The van der Waals surface area contributed by atoms with Crippen molar-refractivity contribution in [2.75, 3.05) is 13.2 Å². The third-order valence-electron chi connectivity index (χ3n) is 3.22. The van der Waals surface area contributed by atoms with Gasteiger partial charge in [0.2, 0.25) is 0 Å². The van der Waals surface area contributed by atoms with Crippen LogP contribution in [0.5, 0.6) is 0 Å². The fourth-order valence-corrected chi connectivity index (χ4v) is 1.91. The maximum absolute atomic E-state index is 12.3. The first kappa shape index (κ1) is 21.9. The van der Waals surface area contributed by atoms with E-state index in [1.807, 2.05) is 41.5 Å². The van der Waals surface area contributed by atoms with Gasteiger partial charge < -0.3 is 9.47 Å². The molecule has 0 aromatic heterocycles. The molecule has 0 saturated heterocycles. The topological polar surface area (TPSA) is 52.6 Å². The highest BCUT2D eigenvalue weighted by Crippen LogP contribution is 2.21. The molecule has 0 rings (SSSR count). The van der Waals surface area contributed by atoms with Crippen LogP contribution in [0.2, 0.25) is 0 Å². The zero-order chi connectivity index (χ0) is 18.1. The molecule has 136 valence electrons. The van der Waals surface area contributed by atoms with E-state index in [0.29, 0.717) is 19.6 Å². The summed E-state index contributed by atoms with van der Waals surface area (Å²) in [5, 5.41) is 0. The normalized spacial score (nSPS) is 13.5. The molecule has 1 atom stereocenters. The zero-order valence-electron chi connectivity index (χ0n) is 16.2. The van der Waals surface area contributed by atoms with Crippen LogP contribution in [0.15, 0.2) is 0 Å². The van der Waals surface area contributed by atoms with Gasteiger partial charge in [0.15, 0.2) is 0 Å². The van der Waals surface area contributed by atoms with E-state index in [4.69, 9.17) is 9.47 Å². The van der Waals surface area contributed by atoms with Crippen LogP contribution < -0.4 is 0 Å². The van der Waals surface area contributed by atoms with E-state index < -0.39 is 5.92 Å². The smallest absolute Gasteiger partial charge is 0.309 e. The Morgan fingerprint density at radius 2 is 1.39 bits per heavy atom. The number of hydrogen-bond acceptors (Lipinski definition) is 4. The van der Waals surface area contributed by atoms with E-state index in [0.717, 1.165) is 19.3 Å². The summed E-state index contributed by atoms with van der Waals surface area (Å²) in [5.41, 5.74) is -0.142. The Kier molecular flexibility index (Phi) is 9.48. The van der Waals surface area contributed by atoms with Gasteiger partial charge in [0.1, 0.15) is 0 Å². The first-order chi connectivity index (χ1) is 10.4. The van der Waals surface area contributed by atoms with Crippen molar-refractivity contribution in [1.29, 1.82) is 0 Å². The molecule has 0 fully saturated rings. The molecule has 0 aromatic carbocycles. The Labute approximate surface area is 142 Å². The number of hydrogen-bond donors (Lipinski definition) is 0. The van der Waals surface area contributed by atoms with E-state index in [9.17, 15) is 9.59 Å². The number of carbonyl (C=O) groups is 2. The first-order valence-corrected chi connectivity index (χ1v) is 8.77. The monoisotopic (exact) mass is 328 g/mol. The van der Waals surface area contributed by atoms with Gasteiger partial charge in [-0.2, -0.15) is 0 Å². The lowest BCUT2D eigenvalue weighted by Gasteiger charge is -2.22. The highest BCUT2D eigenvalue weighted by Gasteiger charge is 2.26. The highest BCUT2D eigenvalue weighted by atomic mass is 16.5. The molecule has 0 aliphatic heterocycles. The Bertz CT molecular complexity index is 361. The maximum Gasteiger partial charge on any atom is 0.309 e. The van der Waals surface area contributed by atoms with E-state index in [-0.39, 0.29) is 29.2 Å². The molecule has 0 spiro atoms. The fourth-order valence-electron chi connectivity index (χ4n) is 1.91. The van der Waals surface area contributed by atoms with Gasteiger partial charge in [-0.15, -0.1) is 0 Å². The van der Waals surface area contributed by atoms with Gasteiger partial charge in [-0.25, -0.2) is 0 Å². The summed E-state index contributed by atoms with van der Waals surface area (Å²) in [6.07, 6.45) is 3.86. The molecule has 0 aliphatic carbocycles. The van der Waals surface area contributed by atoms with Crippen LogP contribution >= 0.6 is 0 Å². The van der Waals surface area contributed by atoms with Crippen molar-refractivity contribution in [2.24, 2.45) is 16.7 Å². The van der Waals surface area contributed by atoms with Crippen LogP contribution in [-0.2, 0) is 19.1 Å². The van der Waals surface area contributed by atoms with Crippen LogP contribution in [0.3, 0.4) is 0 Å². The summed E-state index contributed by atoms with van der Waals surface area (Å²) >= 11 is 0. The van der Waals surface area contributed by atoms with Gasteiger partial charge >= 0.3 is 11.9 Å². The van der Waals surface area contributed by atoms with Crippen molar-refractivity contribution < 1.29 is 19.1 Å². The van der Waals surface area contributed by atoms with Crippen LogP contribution in [0.4, 0.5) is 0 Å². The summed E-state index contributed by atoms with van der Waals surface area (Å²) in [6, 6.07) is 0. The van der Waals surface area contributed by atoms with Crippen molar-refractivity contribution >= 4 is 11.9 Å². The quantitative estimate of drug-likeness (QED) is 0.452. The van der Waals surface area contributed by atoms with E-state index in [1.54, 1.807) is 0 Å². The molecular weight excluding hydrogens is 292 g/mol. The Morgan fingerprint density at radius 3 is 1.87 bits per heavy atom. The average molecular weight is 328 g/mol. The minimum Gasteiger partial charge on any atom is -0.465 e. The molecular formula is C19H36O4.